The van der Waals surface area contributed by atoms with Gasteiger partial charge in [-0.2, -0.15) is 5.10 Å². The molecular weight excluding hydrogens is 1210 g/mol. The summed E-state index contributed by atoms with van der Waals surface area (Å²) in [5, 5.41) is 38.1. The number of aromatic nitrogens is 4. The third-order valence-corrected chi connectivity index (χ3v) is 17.6. The summed E-state index contributed by atoms with van der Waals surface area (Å²) < 4.78 is 0. The minimum atomic E-state index is -0.675. The molecule has 96 heavy (non-hydrogen) atoms. The maximum atomic E-state index is 13.0. The minimum absolute atomic E-state index is 0.0496. The van der Waals surface area contributed by atoms with Crippen LogP contribution in [0.2, 0.25) is 0 Å². The number of pyridine rings is 2. The van der Waals surface area contributed by atoms with Crippen LogP contribution < -0.4 is 19.6 Å². The Hall–Kier alpha value is -11.7. The van der Waals surface area contributed by atoms with Crippen molar-refractivity contribution in [3.8, 4) is 0 Å². The number of fused-ring (bicyclic) bond motifs is 1. The van der Waals surface area contributed by atoms with E-state index in [-0.39, 0.29) is 46.0 Å². The normalized spacial score (nSPS) is 17.3. The van der Waals surface area contributed by atoms with Gasteiger partial charge < -0.3 is 15.3 Å². The van der Waals surface area contributed by atoms with Gasteiger partial charge in [0.15, 0.2) is 40.3 Å². The highest BCUT2D eigenvalue weighted by atomic mass is 16.3. The van der Waals surface area contributed by atoms with E-state index in [2.05, 4.69) is 39.2 Å². The van der Waals surface area contributed by atoms with Crippen molar-refractivity contribution >= 4 is 63.9 Å². The number of amides is 4. The van der Waals surface area contributed by atoms with Crippen LogP contribution in [-0.4, -0.2) is 76.5 Å². The molecule has 13 rings (SSSR count). The number of aliphatic hydroxyl groups is 3. The number of anilines is 4. The van der Waals surface area contributed by atoms with Crippen LogP contribution in [0.25, 0.3) is 0 Å². The van der Waals surface area contributed by atoms with Gasteiger partial charge in [-0.05, 0) is 176 Å². The van der Waals surface area contributed by atoms with Crippen molar-refractivity contribution in [3.63, 3.8) is 0 Å². The van der Waals surface area contributed by atoms with E-state index in [1.165, 1.54) is 46.6 Å². The van der Waals surface area contributed by atoms with Gasteiger partial charge in [-0.3, -0.25) is 63.2 Å². The van der Waals surface area contributed by atoms with E-state index in [1.54, 1.807) is 30.6 Å². The molecule has 4 aliphatic rings. The molecule has 4 atom stereocenters. The topological polar surface area (TPSA) is 248 Å². The molecule has 0 saturated carbocycles. The average Bonchev–Trinajstić information content (AvgIpc) is 1.59. The number of aliphatic hydroxyl groups excluding tert-OH is 3. The van der Waals surface area contributed by atoms with E-state index in [4.69, 9.17) is 0 Å². The molecule has 18 nitrogen and oxygen atoms in total. The summed E-state index contributed by atoms with van der Waals surface area (Å²) in [6.07, 6.45) is 3.23. The monoisotopic (exact) mass is 1280 g/mol. The highest BCUT2D eigenvalue weighted by Crippen LogP contribution is 2.46. The third kappa shape index (κ3) is 12.9. The Morgan fingerprint density at radius 3 is 1.08 bits per heavy atom. The molecule has 0 bridgehead atoms. The van der Waals surface area contributed by atoms with Gasteiger partial charge in [0.05, 0.1) is 52.8 Å². The lowest BCUT2D eigenvalue weighted by molar-refractivity contribution is -0.117. The fourth-order valence-electron chi connectivity index (χ4n) is 12.6. The molecule has 18 heteroatoms. The van der Waals surface area contributed by atoms with E-state index in [0.29, 0.717) is 22.9 Å². The van der Waals surface area contributed by atoms with Crippen molar-refractivity contribution in [2.24, 2.45) is 0 Å². The van der Waals surface area contributed by atoms with Crippen LogP contribution in [0.4, 0.5) is 22.9 Å². The quantitative estimate of drug-likeness (QED) is 0.0942. The zero-order chi connectivity index (χ0) is 69.1. The van der Waals surface area contributed by atoms with Crippen molar-refractivity contribution in [2.75, 3.05) is 19.6 Å². The molecular formula is C78H74N8O10. The van der Waals surface area contributed by atoms with Crippen LogP contribution >= 0.6 is 0 Å². The molecule has 0 radical (unpaired) electrons. The lowest BCUT2D eigenvalue weighted by Gasteiger charge is -2.28. The zero-order valence-corrected chi connectivity index (χ0v) is 55.5. The first-order chi connectivity index (χ1) is 45.8. The smallest absolute Gasteiger partial charge is 0.295 e. The lowest BCUT2D eigenvalue weighted by atomic mass is 9.93. The first-order valence-electron chi connectivity index (χ1n) is 31.2. The van der Waals surface area contributed by atoms with E-state index >= 15 is 0 Å². The molecule has 9 aromatic rings. The Bertz CT molecular complexity index is 4320. The van der Waals surface area contributed by atoms with Crippen molar-refractivity contribution in [1.29, 1.82) is 0 Å². The summed E-state index contributed by atoms with van der Waals surface area (Å²) >= 11 is 0. The second-order valence-electron chi connectivity index (χ2n) is 24.3. The number of aryl methyl sites for hydroxylation is 9. The highest BCUT2D eigenvalue weighted by Gasteiger charge is 2.47. The number of nitrogens with one attached hydrogen (secondary N) is 1. The largest absolute Gasteiger partial charge is 0.503 e. The van der Waals surface area contributed by atoms with E-state index in [1.807, 2.05) is 200 Å². The van der Waals surface area contributed by atoms with E-state index in [0.717, 1.165) is 72.7 Å². The Kier molecular flexibility index (Phi) is 19.5. The molecule has 4 aliphatic heterocycles. The molecule has 4 N–H and O–H groups in total. The number of Topliss-reactive ketones (excluding diaryl/α,β-unsaturated/α-hetero) is 3. The molecule has 4 amide bonds. The highest BCUT2D eigenvalue weighted by molar-refractivity contribution is 6.18. The summed E-state index contributed by atoms with van der Waals surface area (Å²) in [5.74, 6) is -3.79. The van der Waals surface area contributed by atoms with Crippen LogP contribution in [0.5, 0.6) is 0 Å². The number of carbonyl (C=O) groups excluding carboxylic acids is 7. The summed E-state index contributed by atoms with van der Waals surface area (Å²) in [4.78, 5) is 102. The lowest BCUT2D eigenvalue weighted by Crippen LogP contribution is -2.32. The Balaban J connectivity index is 0.000000139. The summed E-state index contributed by atoms with van der Waals surface area (Å²) in [5.41, 5.74) is 16.5. The Morgan fingerprint density at radius 2 is 0.719 bits per heavy atom. The van der Waals surface area contributed by atoms with E-state index in [9.17, 15) is 48.9 Å². The molecule has 0 fully saturated rings. The van der Waals surface area contributed by atoms with Crippen LogP contribution in [-0.2, 0) is 28.8 Å². The molecule has 0 aliphatic carbocycles. The molecule has 486 valence electrons. The van der Waals surface area contributed by atoms with Gasteiger partial charge in [0.2, 0.25) is 0 Å². The maximum absolute atomic E-state index is 13.0. The molecule has 6 aromatic carbocycles. The maximum Gasteiger partial charge on any atom is 0.295 e. The second-order valence-corrected chi connectivity index (χ2v) is 24.3. The number of H-pyrrole nitrogens is 1. The number of aromatic amines is 1. The van der Waals surface area contributed by atoms with Crippen molar-refractivity contribution < 1.29 is 48.9 Å². The third-order valence-electron chi connectivity index (χ3n) is 17.6. The number of ketones is 3. The summed E-state index contributed by atoms with van der Waals surface area (Å²) in [6.45, 7) is 21.7. The fourth-order valence-corrected chi connectivity index (χ4v) is 12.6. The SMILES string of the molecule is CC(=O)C1=C(O)C(=O)N(c2ccc(C)cc2)C1c1ccccc1C.CC(=O)C1=C(O)C(=O)N(c2ccc(C)cn2)C1c1ccccc1C.CC(=O)C1=C(O)C(=O)N(c2ccc(C)nc2)C1c1ccccc1C.Cc1ccc(N2C(=O)c3n[nH]c(C)c3C2c2ccccc2C)cc1. The van der Waals surface area contributed by atoms with Crippen LogP contribution in [0.1, 0.15) is 134 Å². The van der Waals surface area contributed by atoms with Crippen LogP contribution in [0.3, 0.4) is 0 Å². The van der Waals surface area contributed by atoms with Gasteiger partial charge in [0.1, 0.15) is 5.82 Å². The Labute approximate surface area is 557 Å². The first-order valence-corrected chi connectivity index (χ1v) is 31.2. The van der Waals surface area contributed by atoms with Crippen molar-refractivity contribution in [2.45, 2.75) is 107 Å². The number of hydrogen-bond acceptors (Lipinski definition) is 13. The van der Waals surface area contributed by atoms with Crippen molar-refractivity contribution in [1.82, 2.24) is 20.2 Å². The van der Waals surface area contributed by atoms with Crippen molar-refractivity contribution in [3.05, 3.63) is 300 Å². The fraction of sp³-hybridized carbons (Fsp3) is 0.205. The van der Waals surface area contributed by atoms with Gasteiger partial charge >= 0.3 is 0 Å². The standard InChI is InChI=1S/C20H19N3O.C20H19NO3.2C19H18N2O3/c1-12-8-10-15(11-9-12)23-19(16-7-5-4-6-13(16)2)17-14(3)21-22-18(17)20(23)24;1-12-8-10-15(11-9-12)21-18(16-7-5-4-6-13(16)2)17(14(3)22)19(23)20(21)24;1-11-8-9-15(20-10-11)21-17(14-7-5-4-6-12(14)2)16(13(3)22)18(23)19(21)24;1-11-6-4-5-7-15(11)17-16(13(3)22)18(23)19(24)21(17)14-9-8-12(2)20-10-14/h4-11,19H,1-3H3,(H,21,22);4-11,18,23H,1-3H3;2*4-10,17,23H,1-3H3. The van der Waals surface area contributed by atoms with Gasteiger partial charge in [-0.15, -0.1) is 0 Å². The average molecular weight is 1280 g/mol. The number of nitrogens with zero attached hydrogens (tertiary/aromatic N) is 7. The molecule has 3 aromatic heterocycles. The van der Waals surface area contributed by atoms with Gasteiger partial charge in [0, 0.05) is 34.5 Å². The first kappa shape index (κ1) is 67.2. The van der Waals surface area contributed by atoms with Gasteiger partial charge in [0.25, 0.3) is 23.6 Å². The van der Waals surface area contributed by atoms with Crippen LogP contribution in [0.15, 0.2) is 216 Å². The summed E-state index contributed by atoms with van der Waals surface area (Å²) in [7, 11) is 0. The molecule has 0 spiro atoms. The number of benzene rings is 6. The predicted octanol–water partition coefficient (Wildman–Crippen LogP) is 14.3. The van der Waals surface area contributed by atoms with Crippen LogP contribution in [0, 0.1) is 62.3 Å². The number of hydrogen-bond donors (Lipinski definition) is 4. The predicted molar refractivity (Wildman–Crippen MR) is 369 cm³/mol. The zero-order valence-electron chi connectivity index (χ0n) is 55.5. The molecule has 0 saturated heterocycles. The van der Waals surface area contributed by atoms with Gasteiger partial charge in [-0.1, -0.05) is 139 Å². The van der Waals surface area contributed by atoms with Gasteiger partial charge in [-0.25, -0.2) is 4.98 Å². The summed E-state index contributed by atoms with van der Waals surface area (Å²) in [6, 6.07) is 51.4. The molecule has 4 unspecified atom stereocenters. The number of carbonyl (C=O) groups is 7. The number of rotatable bonds is 11. The minimum Gasteiger partial charge on any atom is -0.503 e. The molecule has 7 heterocycles. The Morgan fingerprint density at radius 1 is 0.375 bits per heavy atom. The van der Waals surface area contributed by atoms with E-state index < -0.39 is 53.1 Å². The second kappa shape index (κ2) is 27.9.